The number of carboxylic acids is 1. The minimum atomic E-state index is -0.932. The maximum absolute atomic E-state index is 10.7. The molecule has 2 N–H and O–H groups in total. The zero-order valence-corrected chi connectivity index (χ0v) is 9.03. The Hall–Kier alpha value is -1.84. The van der Waals surface area contributed by atoms with E-state index in [2.05, 4.69) is 9.97 Å². The number of aryl methyl sites for hydroxylation is 1. The molecule has 0 aliphatic rings. The number of aromatic nitrogens is 2. The molecule has 2 rings (SSSR count). The normalized spacial score (nSPS) is 9.53. The van der Waals surface area contributed by atoms with Gasteiger partial charge in [0.15, 0.2) is 0 Å². The lowest BCUT2D eigenvalue weighted by Gasteiger charge is -1.93. The molecule has 0 fully saturated rings. The van der Waals surface area contributed by atoms with Gasteiger partial charge in [-0.05, 0) is 18.6 Å². The Bertz CT molecular complexity index is 474. The van der Waals surface area contributed by atoms with E-state index in [0.717, 1.165) is 5.56 Å². The molecule has 80 valence electrons. The fourth-order valence-electron chi connectivity index (χ4n) is 1.28. The van der Waals surface area contributed by atoms with Gasteiger partial charge >= 0.3 is 5.97 Å². The first-order chi connectivity index (χ1) is 7.18. The van der Waals surface area contributed by atoms with Crippen LogP contribution in [-0.4, -0.2) is 21.0 Å². The number of aromatic amines is 1. The summed E-state index contributed by atoms with van der Waals surface area (Å²) < 4.78 is 0. The summed E-state index contributed by atoms with van der Waals surface area (Å²) in [7, 11) is 0. The Morgan fingerprint density at radius 3 is 2.73 bits per heavy atom. The molecular formula is C11H14N2O2. The number of aromatic carboxylic acids is 1. The number of H-pyrrole nitrogens is 1. The largest absolute Gasteiger partial charge is 0.478 e. The Morgan fingerprint density at radius 1 is 1.47 bits per heavy atom. The van der Waals surface area contributed by atoms with Crippen LogP contribution in [0.15, 0.2) is 18.5 Å². The molecule has 4 heteroatoms. The Kier molecular flexibility index (Phi) is 3.44. The van der Waals surface area contributed by atoms with Crippen molar-refractivity contribution in [3.63, 3.8) is 0 Å². The maximum atomic E-state index is 10.7. The number of hydrogen-bond donors (Lipinski definition) is 2. The quantitative estimate of drug-likeness (QED) is 0.753. The molecule has 0 radical (unpaired) electrons. The fraction of sp³-hybridized carbons (Fsp3) is 0.273. The summed E-state index contributed by atoms with van der Waals surface area (Å²) in [5.41, 5.74) is 1.84. The highest BCUT2D eigenvalue weighted by molar-refractivity contribution is 6.02. The Labute approximate surface area is 88.0 Å². The van der Waals surface area contributed by atoms with Crippen LogP contribution < -0.4 is 0 Å². The maximum Gasteiger partial charge on any atom is 0.337 e. The minimum absolute atomic E-state index is 0.270. The number of carbonyl (C=O) groups is 1. The summed E-state index contributed by atoms with van der Waals surface area (Å²) in [5, 5.41) is 9.47. The molecule has 0 aliphatic heterocycles. The zero-order chi connectivity index (χ0) is 11.4. The lowest BCUT2D eigenvalue weighted by atomic mass is 10.2. The molecule has 0 aliphatic carbocycles. The van der Waals surface area contributed by atoms with Crippen molar-refractivity contribution in [1.82, 2.24) is 9.97 Å². The van der Waals surface area contributed by atoms with E-state index in [-0.39, 0.29) is 5.56 Å². The highest BCUT2D eigenvalue weighted by Gasteiger charge is 2.10. The van der Waals surface area contributed by atoms with Gasteiger partial charge < -0.3 is 10.1 Å². The first-order valence-electron chi connectivity index (χ1n) is 4.85. The van der Waals surface area contributed by atoms with Crippen LogP contribution >= 0.6 is 0 Å². The van der Waals surface area contributed by atoms with Crippen LogP contribution in [0.3, 0.4) is 0 Å². The van der Waals surface area contributed by atoms with Crippen molar-refractivity contribution in [3.05, 3.63) is 29.6 Å². The van der Waals surface area contributed by atoms with Crippen molar-refractivity contribution in [1.29, 1.82) is 0 Å². The fourth-order valence-corrected chi connectivity index (χ4v) is 1.28. The van der Waals surface area contributed by atoms with Crippen LogP contribution in [-0.2, 0) is 0 Å². The molecule has 4 nitrogen and oxygen atoms in total. The second-order valence-electron chi connectivity index (χ2n) is 2.92. The summed E-state index contributed by atoms with van der Waals surface area (Å²) in [6.07, 6.45) is 3.16. The van der Waals surface area contributed by atoms with Crippen molar-refractivity contribution >= 4 is 17.0 Å². The van der Waals surface area contributed by atoms with Crippen LogP contribution in [0.25, 0.3) is 11.0 Å². The van der Waals surface area contributed by atoms with Crippen LogP contribution in [0, 0.1) is 6.92 Å². The van der Waals surface area contributed by atoms with Gasteiger partial charge in [0.2, 0.25) is 0 Å². The third-order valence-electron chi connectivity index (χ3n) is 1.90. The summed E-state index contributed by atoms with van der Waals surface area (Å²) in [6.45, 7) is 5.88. The zero-order valence-electron chi connectivity index (χ0n) is 9.03. The SMILES string of the molecule is CC.Cc1cnc2[nH]cc(C(=O)O)c2c1. The van der Waals surface area contributed by atoms with E-state index < -0.39 is 5.97 Å². The first kappa shape index (κ1) is 11.2. The van der Waals surface area contributed by atoms with Gasteiger partial charge in [-0.15, -0.1) is 0 Å². The van der Waals surface area contributed by atoms with Crippen molar-refractivity contribution in [2.45, 2.75) is 20.8 Å². The molecule has 0 aromatic carbocycles. The topological polar surface area (TPSA) is 66.0 Å². The van der Waals surface area contributed by atoms with Crippen molar-refractivity contribution in [2.24, 2.45) is 0 Å². The lowest BCUT2D eigenvalue weighted by Crippen LogP contribution is -1.93. The number of nitrogens with one attached hydrogen (secondary N) is 1. The standard InChI is InChI=1S/C9H8N2O2.C2H6/c1-5-2-6-7(9(12)13)4-11-8(6)10-3-5;1-2/h2-4H,1H3,(H,10,11)(H,12,13);1-2H3. The van der Waals surface area contributed by atoms with E-state index in [1.165, 1.54) is 6.20 Å². The van der Waals surface area contributed by atoms with Crippen molar-refractivity contribution in [2.75, 3.05) is 0 Å². The van der Waals surface area contributed by atoms with E-state index in [1.807, 2.05) is 26.8 Å². The van der Waals surface area contributed by atoms with E-state index in [1.54, 1.807) is 6.20 Å². The highest BCUT2D eigenvalue weighted by atomic mass is 16.4. The predicted octanol–water partition coefficient (Wildman–Crippen LogP) is 2.60. The van der Waals surface area contributed by atoms with Crippen LogP contribution in [0.2, 0.25) is 0 Å². The van der Waals surface area contributed by atoms with E-state index in [9.17, 15) is 4.79 Å². The second-order valence-corrected chi connectivity index (χ2v) is 2.92. The molecule has 2 heterocycles. The van der Waals surface area contributed by atoms with Gasteiger partial charge in [0, 0.05) is 17.8 Å². The number of hydrogen-bond acceptors (Lipinski definition) is 2. The van der Waals surface area contributed by atoms with E-state index >= 15 is 0 Å². The number of pyridine rings is 1. The molecule has 0 atom stereocenters. The van der Waals surface area contributed by atoms with Gasteiger partial charge in [0.25, 0.3) is 0 Å². The van der Waals surface area contributed by atoms with Gasteiger partial charge in [-0.1, -0.05) is 13.8 Å². The third kappa shape index (κ3) is 2.15. The Morgan fingerprint density at radius 2 is 2.13 bits per heavy atom. The summed E-state index contributed by atoms with van der Waals surface area (Å²) >= 11 is 0. The summed E-state index contributed by atoms with van der Waals surface area (Å²) in [5.74, 6) is -0.932. The molecule has 2 aromatic heterocycles. The average Bonchev–Trinajstić information content (AvgIpc) is 2.63. The average molecular weight is 206 g/mol. The van der Waals surface area contributed by atoms with E-state index in [4.69, 9.17) is 5.11 Å². The number of carboxylic acid groups (broad SMARTS) is 1. The molecular weight excluding hydrogens is 192 g/mol. The Balaban J connectivity index is 0.000000531. The van der Waals surface area contributed by atoms with Crippen LogP contribution in [0.4, 0.5) is 0 Å². The molecule has 0 bridgehead atoms. The van der Waals surface area contributed by atoms with Crippen LogP contribution in [0.1, 0.15) is 29.8 Å². The van der Waals surface area contributed by atoms with Gasteiger partial charge in [-0.2, -0.15) is 0 Å². The van der Waals surface area contributed by atoms with E-state index in [0.29, 0.717) is 11.0 Å². The molecule has 0 unspecified atom stereocenters. The number of rotatable bonds is 1. The molecule has 0 amide bonds. The molecule has 2 aromatic rings. The van der Waals surface area contributed by atoms with Crippen LogP contribution in [0.5, 0.6) is 0 Å². The van der Waals surface area contributed by atoms with Gasteiger partial charge in [0.05, 0.1) is 5.56 Å². The molecule has 15 heavy (non-hydrogen) atoms. The first-order valence-corrected chi connectivity index (χ1v) is 4.85. The summed E-state index contributed by atoms with van der Waals surface area (Å²) in [4.78, 5) is 17.6. The predicted molar refractivity (Wildman–Crippen MR) is 59.1 cm³/mol. The number of nitrogens with zero attached hydrogens (tertiary/aromatic N) is 1. The monoisotopic (exact) mass is 206 g/mol. The molecule has 0 saturated carbocycles. The van der Waals surface area contributed by atoms with Gasteiger partial charge in [0.1, 0.15) is 5.65 Å². The molecule has 0 saturated heterocycles. The smallest absolute Gasteiger partial charge is 0.337 e. The van der Waals surface area contributed by atoms with Gasteiger partial charge in [-0.25, -0.2) is 9.78 Å². The minimum Gasteiger partial charge on any atom is -0.478 e. The number of fused-ring (bicyclic) bond motifs is 1. The lowest BCUT2D eigenvalue weighted by molar-refractivity contribution is 0.0699. The second kappa shape index (κ2) is 4.59. The van der Waals surface area contributed by atoms with Gasteiger partial charge in [-0.3, -0.25) is 0 Å². The molecule has 0 spiro atoms. The third-order valence-corrected chi connectivity index (χ3v) is 1.90. The summed E-state index contributed by atoms with van der Waals surface area (Å²) in [6, 6.07) is 1.81. The van der Waals surface area contributed by atoms with Crippen molar-refractivity contribution < 1.29 is 9.90 Å². The highest BCUT2D eigenvalue weighted by Crippen LogP contribution is 2.16. The van der Waals surface area contributed by atoms with Crippen molar-refractivity contribution in [3.8, 4) is 0 Å².